The first-order valence-corrected chi connectivity index (χ1v) is 9.36. The van der Waals surface area contributed by atoms with E-state index in [0.29, 0.717) is 13.2 Å². The lowest BCUT2D eigenvalue weighted by molar-refractivity contribution is 0.0420. The average molecular weight is 489 g/mol. The first-order chi connectivity index (χ1) is 12.8. The van der Waals surface area contributed by atoms with E-state index in [9.17, 15) is 0 Å². The zero-order valence-electron chi connectivity index (χ0n) is 16.1. The fraction of sp³-hybridized carbons (Fsp3) is 0.550. The number of nitrogens with zero attached hydrogens (tertiary/aromatic N) is 1. The van der Waals surface area contributed by atoms with Crippen molar-refractivity contribution in [3.8, 4) is 5.75 Å². The van der Waals surface area contributed by atoms with Crippen molar-refractivity contribution in [2.45, 2.75) is 32.4 Å². The van der Waals surface area contributed by atoms with Gasteiger partial charge >= 0.3 is 0 Å². The van der Waals surface area contributed by atoms with Crippen LogP contribution in [0, 0.1) is 0 Å². The van der Waals surface area contributed by atoms with Crippen LogP contribution in [0.25, 0.3) is 0 Å². The molecule has 6 nitrogen and oxygen atoms in total. The number of aliphatic imine (C=N–C) groups is 1. The van der Waals surface area contributed by atoms with Crippen LogP contribution in [0.15, 0.2) is 41.9 Å². The second kappa shape index (κ2) is 14.7. The van der Waals surface area contributed by atoms with Crippen LogP contribution in [0.2, 0.25) is 0 Å². The van der Waals surface area contributed by atoms with E-state index in [1.807, 2.05) is 24.3 Å². The molecule has 1 unspecified atom stereocenters. The number of para-hydroxylation sites is 1. The molecule has 1 aromatic carbocycles. The predicted molar refractivity (Wildman–Crippen MR) is 120 cm³/mol. The number of nitrogens with one attached hydrogen (secondary N) is 2. The van der Waals surface area contributed by atoms with Crippen molar-refractivity contribution in [3.63, 3.8) is 0 Å². The van der Waals surface area contributed by atoms with Crippen molar-refractivity contribution in [1.82, 2.24) is 10.6 Å². The van der Waals surface area contributed by atoms with Crippen molar-refractivity contribution >= 4 is 29.9 Å². The van der Waals surface area contributed by atoms with E-state index in [2.05, 4.69) is 29.1 Å². The lowest BCUT2D eigenvalue weighted by Gasteiger charge is -2.13. The van der Waals surface area contributed by atoms with E-state index in [1.54, 1.807) is 6.08 Å². The standard InChI is InChI=1S/C20H31N3O3.HI/c1-3-12-26-19-9-6-5-8-17(19)15-23-20(21-4-2)22-11-7-13-25-18-10-14-24-16-18;/h3,5-6,8-9,18H,1,4,7,10-16H2,2H3,(H2,21,22,23);1H. The summed E-state index contributed by atoms with van der Waals surface area (Å²) in [7, 11) is 0. The number of hydrogen-bond donors (Lipinski definition) is 2. The first-order valence-electron chi connectivity index (χ1n) is 9.36. The normalized spacial score (nSPS) is 16.5. The van der Waals surface area contributed by atoms with Gasteiger partial charge in [0.15, 0.2) is 5.96 Å². The van der Waals surface area contributed by atoms with Gasteiger partial charge in [-0.05, 0) is 25.8 Å². The largest absolute Gasteiger partial charge is 0.489 e. The molecular weight excluding hydrogens is 457 g/mol. The third-order valence-electron chi connectivity index (χ3n) is 3.94. The molecule has 1 atom stereocenters. The number of benzene rings is 1. The SMILES string of the molecule is C=CCOc1ccccc1CN=C(NCC)NCCCOC1CCOC1.I. The van der Waals surface area contributed by atoms with Gasteiger partial charge in [-0.3, -0.25) is 0 Å². The van der Waals surface area contributed by atoms with Crippen LogP contribution in [0.3, 0.4) is 0 Å². The number of halogens is 1. The summed E-state index contributed by atoms with van der Waals surface area (Å²) in [4.78, 5) is 4.66. The van der Waals surface area contributed by atoms with Crippen molar-refractivity contribution in [2.24, 2.45) is 4.99 Å². The molecular formula is C20H32IN3O3. The quantitative estimate of drug-likeness (QED) is 0.165. The Morgan fingerprint density at radius 2 is 2.22 bits per heavy atom. The molecule has 1 fully saturated rings. The molecule has 1 aliphatic rings. The van der Waals surface area contributed by atoms with E-state index >= 15 is 0 Å². The van der Waals surface area contributed by atoms with Crippen LogP contribution in [-0.4, -0.2) is 51.6 Å². The lowest BCUT2D eigenvalue weighted by Crippen LogP contribution is -2.38. The van der Waals surface area contributed by atoms with Gasteiger partial charge in [0, 0.05) is 31.9 Å². The van der Waals surface area contributed by atoms with Gasteiger partial charge in [-0.2, -0.15) is 0 Å². The van der Waals surface area contributed by atoms with Gasteiger partial charge in [0.25, 0.3) is 0 Å². The number of rotatable bonds is 11. The Bertz CT molecular complexity index is 563. The minimum atomic E-state index is 0. The molecule has 7 heteroatoms. The summed E-state index contributed by atoms with van der Waals surface area (Å²) in [5.41, 5.74) is 1.05. The third-order valence-corrected chi connectivity index (χ3v) is 3.94. The van der Waals surface area contributed by atoms with Crippen LogP contribution in [0.5, 0.6) is 5.75 Å². The number of ether oxygens (including phenoxy) is 3. The highest BCUT2D eigenvalue weighted by molar-refractivity contribution is 14.0. The van der Waals surface area contributed by atoms with Crippen molar-refractivity contribution in [3.05, 3.63) is 42.5 Å². The summed E-state index contributed by atoms with van der Waals surface area (Å²) in [5, 5.41) is 6.62. The molecule has 1 aliphatic heterocycles. The molecule has 2 rings (SSSR count). The minimum Gasteiger partial charge on any atom is -0.489 e. The number of hydrogen-bond acceptors (Lipinski definition) is 4. The second-order valence-corrected chi connectivity index (χ2v) is 6.04. The van der Waals surface area contributed by atoms with Gasteiger partial charge in [0.2, 0.25) is 0 Å². The molecule has 0 aliphatic carbocycles. The van der Waals surface area contributed by atoms with E-state index in [4.69, 9.17) is 14.2 Å². The smallest absolute Gasteiger partial charge is 0.191 e. The van der Waals surface area contributed by atoms with Gasteiger partial charge in [-0.15, -0.1) is 24.0 Å². The van der Waals surface area contributed by atoms with Gasteiger partial charge in [0.05, 0.1) is 19.3 Å². The molecule has 0 bridgehead atoms. The molecule has 1 aromatic rings. The molecule has 0 spiro atoms. The Kier molecular flexibility index (Phi) is 12.9. The van der Waals surface area contributed by atoms with Crippen LogP contribution in [-0.2, 0) is 16.0 Å². The van der Waals surface area contributed by atoms with Gasteiger partial charge in [0.1, 0.15) is 12.4 Å². The topological polar surface area (TPSA) is 64.1 Å². The lowest BCUT2D eigenvalue weighted by atomic mass is 10.2. The fourth-order valence-electron chi connectivity index (χ4n) is 2.60. The summed E-state index contributed by atoms with van der Waals surface area (Å²) in [5.74, 6) is 1.65. The highest BCUT2D eigenvalue weighted by atomic mass is 127. The average Bonchev–Trinajstić information content (AvgIpc) is 3.18. The third kappa shape index (κ3) is 9.44. The van der Waals surface area contributed by atoms with E-state index < -0.39 is 0 Å². The second-order valence-electron chi connectivity index (χ2n) is 6.04. The Morgan fingerprint density at radius 1 is 1.37 bits per heavy atom. The fourth-order valence-corrected chi connectivity index (χ4v) is 2.60. The van der Waals surface area contributed by atoms with Gasteiger partial charge < -0.3 is 24.8 Å². The van der Waals surface area contributed by atoms with E-state index in [1.165, 1.54) is 0 Å². The summed E-state index contributed by atoms with van der Waals surface area (Å²) in [6, 6.07) is 7.95. The molecule has 0 amide bonds. The Hall–Kier alpha value is -1.32. The van der Waals surface area contributed by atoms with E-state index in [0.717, 1.165) is 63.0 Å². The van der Waals surface area contributed by atoms with E-state index in [-0.39, 0.29) is 30.1 Å². The summed E-state index contributed by atoms with van der Waals surface area (Å²) in [6.45, 7) is 10.7. The Labute approximate surface area is 179 Å². The van der Waals surface area contributed by atoms with Crippen LogP contribution in [0.1, 0.15) is 25.3 Å². The highest BCUT2D eigenvalue weighted by Crippen LogP contribution is 2.18. The molecule has 152 valence electrons. The zero-order chi connectivity index (χ0) is 18.5. The first kappa shape index (κ1) is 23.7. The van der Waals surface area contributed by atoms with Gasteiger partial charge in [-0.25, -0.2) is 4.99 Å². The van der Waals surface area contributed by atoms with Crippen molar-refractivity contribution in [1.29, 1.82) is 0 Å². The maximum atomic E-state index is 5.78. The minimum absolute atomic E-state index is 0. The van der Waals surface area contributed by atoms with Crippen LogP contribution < -0.4 is 15.4 Å². The Balaban J connectivity index is 0.00000364. The maximum Gasteiger partial charge on any atom is 0.191 e. The monoisotopic (exact) mass is 489 g/mol. The molecule has 1 heterocycles. The van der Waals surface area contributed by atoms with Gasteiger partial charge in [-0.1, -0.05) is 30.9 Å². The van der Waals surface area contributed by atoms with Crippen molar-refractivity contribution < 1.29 is 14.2 Å². The molecule has 27 heavy (non-hydrogen) atoms. The van der Waals surface area contributed by atoms with Crippen LogP contribution >= 0.6 is 24.0 Å². The summed E-state index contributed by atoms with van der Waals surface area (Å²) in [6.07, 6.45) is 3.94. The molecule has 0 aromatic heterocycles. The summed E-state index contributed by atoms with van der Waals surface area (Å²) < 4.78 is 16.8. The predicted octanol–water partition coefficient (Wildman–Crippen LogP) is 3.12. The zero-order valence-corrected chi connectivity index (χ0v) is 18.4. The molecule has 2 N–H and O–H groups in total. The van der Waals surface area contributed by atoms with Crippen LogP contribution in [0.4, 0.5) is 0 Å². The Morgan fingerprint density at radius 3 is 2.96 bits per heavy atom. The van der Waals surface area contributed by atoms with Crippen molar-refractivity contribution in [2.75, 3.05) is 39.5 Å². The molecule has 0 saturated carbocycles. The number of guanidine groups is 1. The molecule has 0 radical (unpaired) electrons. The molecule has 1 saturated heterocycles. The highest BCUT2D eigenvalue weighted by Gasteiger charge is 2.15. The maximum absolute atomic E-state index is 5.78. The summed E-state index contributed by atoms with van der Waals surface area (Å²) >= 11 is 0.